The number of nitrogens with zero attached hydrogens (tertiary/aromatic N) is 2. The number of rotatable bonds is 12. The smallest absolute Gasteiger partial charge is 0.244 e. The zero-order chi connectivity index (χ0) is 29.2. The Balaban J connectivity index is 1.36. The summed E-state index contributed by atoms with van der Waals surface area (Å²) in [6.45, 7) is 4.14. The predicted octanol–water partition coefficient (Wildman–Crippen LogP) is 5.25. The molecule has 0 spiro atoms. The highest BCUT2D eigenvalue weighted by atomic mass is 32.2. The van der Waals surface area contributed by atoms with Gasteiger partial charge < -0.3 is 10.2 Å². The number of amides is 2. The molecule has 1 N–H and O–H groups in total. The molecule has 0 aliphatic heterocycles. The maximum Gasteiger partial charge on any atom is 0.244 e. The van der Waals surface area contributed by atoms with E-state index < -0.39 is 22.0 Å². The van der Waals surface area contributed by atoms with E-state index in [1.807, 2.05) is 42.5 Å². The molecule has 4 aliphatic rings. The Morgan fingerprint density at radius 3 is 2.07 bits per heavy atom. The van der Waals surface area contributed by atoms with Crippen LogP contribution in [0, 0.1) is 17.8 Å². The summed E-state index contributed by atoms with van der Waals surface area (Å²) in [7, 11) is -3.76. The molecule has 4 bridgehead atoms. The third-order valence-corrected chi connectivity index (χ3v) is 10.8. The molecule has 0 aromatic heterocycles. The first-order chi connectivity index (χ1) is 19.6. The maximum atomic E-state index is 13.8. The van der Waals surface area contributed by atoms with E-state index in [1.165, 1.54) is 53.3 Å². The van der Waals surface area contributed by atoms with Gasteiger partial charge in [0.25, 0.3) is 0 Å². The third kappa shape index (κ3) is 6.63. The van der Waals surface area contributed by atoms with Crippen molar-refractivity contribution in [3.05, 3.63) is 65.7 Å². The van der Waals surface area contributed by atoms with Crippen LogP contribution in [0.2, 0.25) is 0 Å². The van der Waals surface area contributed by atoms with Gasteiger partial charge in [0.05, 0.1) is 11.9 Å². The van der Waals surface area contributed by atoms with Crippen molar-refractivity contribution in [1.82, 2.24) is 10.2 Å². The lowest BCUT2D eigenvalue weighted by molar-refractivity contribution is -0.139. The minimum atomic E-state index is -3.76. The van der Waals surface area contributed by atoms with E-state index in [0.29, 0.717) is 12.2 Å². The molecule has 4 saturated carbocycles. The lowest BCUT2D eigenvalue weighted by Gasteiger charge is -2.57. The van der Waals surface area contributed by atoms with Gasteiger partial charge in [0.2, 0.25) is 21.8 Å². The lowest BCUT2D eigenvalue weighted by atomic mass is 9.48. The molecule has 0 heterocycles. The van der Waals surface area contributed by atoms with Crippen LogP contribution in [0.5, 0.6) is 0 Å². The number of carbonyl (C=O) groups is 2. The van der Waals surface area contributed by atoms with Crippen molar-refractivity contribution < 1.29 is 18.0 Å². The fraction of sp³-hybridized carbons (Fsp3) is 0.576. The van der Waals surface area contributed by atoms with Gasteiger partial charge in [0, 0.05) is 13.1 Å². The van der Waals surface area contributed by atoms with Crippen molar-refractivity contribution in [3.8, 4) is 0 Å². The van der Waals surface area contributed by atoms with Crippen LogP contribution < -0.4 is 9.62 Å². The summed E-state index contributed by atoms with van der Waals surface area (Å²) >= 11 is 0. The number of nitrogens with one attached hydrogen (secondary N) is 1. The zero-order valence-electron chi connectivity index (χ0n) is 24.7. The summed E-state index contributed by atoms with van der Waals surface area (Å²) in [5, 5.41) is 2.92. The Morgan fingerprint density at radius 2 is 1.54 bits per heavy atom. The monoisotopic (exact) mass is 579 g/mol. The van der Waals surface area contributed by atoms with E-state index in [9.17, 15) is 18.0 Å². The maximum absolute atomic E-state index is 13.8. The van der Waals surface area contributed by atoms with Crippen LogP contribution in [0.1, 0.15) is 76.3 Å². The van der Waals surface area contributed by atoms with Crippen molar-refractivity contribution >= 4 is 27.5 Å². The second-order valence-electron chi connectivity index (χ2n) is 12.8. The molecule has 4 aliphatic carbocycles. The van der Waals surface area contributed by atoms with Crippen LogP contribution >= 0.6 is 0 Å². The zero-order valence-corrected chi connectivity index (χ0v) is 25.5. The van der Waals surface area contributed by atoms with Crippen LogP contribution in [-0.2, 0) is 31.6 Å². The molecule has 4 fully saturated rings. The number of anilines is 1. The minimum absolute atomic E-state index is 0.213. The Hall–Kier alpha value is -2.87. The Labute approximate surface area is 245 Å². The summed E-state index contributed by atoms with van der Waals surface area (Å²) < 4.78 is 27.2. The van der Waals surface area contributed by atoms with Crippen molar-refractivity contribution in [2.75, 3.05) is 23.7 Å². The van der Waals surface area contributed by atoms with Crippen LogP contribution in [0.25, 0.3) is 0 Å². The molecule has 41 heavy (non-hydrogen) atoms. The summed E-state index contributed by atoms with van der Waals surface area (Å²) in [4.78, 5) is 28.2. The molecular formula is C33H45N3O4S. The standard InChI is InChI=1S/C33H45N3O4S/c1-4-5-15-34-32(38)24(2)35(22-25-9-7-6-8-10-25)31(37)23-36(41(3,39)40)30-13-11-29(12-14-30)33-19-26-16-27(20-33)18-28(17-26)21-33/h6-14,24,26-28H,4-5,15-23H2,1-3H3,(H,34,38). The summed E-state index contributed by atoms with van der Waals surface area (Å²) in [6.07, 6.45) is 10.8. The first kappa shape index (κ1) is 29.6. The van der Waals surface area contributed by atoms with E-state index >= 15 is 0 Å². The van der Waals surface area contributed by atoms with Gasteiger partial charge in [-0.15, -0.1) is 0 Å². The van der Waals surface area contributed by atoms with Crippen molar-refractivity contribution in [2.24, 2.45) is 17.8 Å². The topological polar surface area (TPSA) is 86.8 Å². The highest BCUT2D eigenvalue weighted by Crippen LogP contribution is 2.60. The molecule has 1 unspecified atom stereocenters. The lowest BCUT2D eigenvalue weighted by Crippen LogP contribution is -2.51. The molecule has 6 rings (SSSR count). The van der Waals surface area contributed by atoms with Crippen molar-refractivity contribution in [3.63, 3.8) is 0 Å². The van der Waals surface area contributed by atoms with Crippen molar-refractivity contribution in [2.45, 2.75) is 83.2 Å². The normalized spacial score (nSPS) is 25.5. The van der Waals surface area contributed by atoms with Crippen LogP contribution in [0.15, 0.2) is 54.6 Å². The van der Waals surface area contributed by atoms with Crippen molar-refractivity contribution in [1.29, 1.82) is 0 Å². The van der Waals surface area contributed by atoms with Gasteiger partial charge in [-0.3, -0.25) is 13.9 Å². The summed E-state index contributed by atoms with van der Waals surface area (Å²) in [5.74, 6) is 1.81. The Kier molecular flexibility index (Phi) is 8.78. The van der Waals surface area contributed by atoms with E-state index in [1.54, 1.807) is 6.92 Å². The fourth-order valence-electron chi connectivity index (χ4n) is 7.96. The van der Waals surface area contributed by atoms with Crippen LogP contribution in [-0.4, -0.2) is 50.5 Å². The predicted molar refractivity (Wildman–Crippen MR) is 163 cm³/mol. The molecule has 0 saturated heterocycles. The van der Waals surface area contributed by atoms with Gasteiger partial charge in [-0.2, -0.15) is 0 Å². The fourth-order valence-corrected chi connectivity index (χ4v) is 8.81. The number of hydrogen-bond donors (Lipinski definition) is 1. The number of carbonyl (C=O) groups excluding carboxylic acids is 2. The van der Waals surface area contributed by atoms with Gasteiger partial charge in [0.15, 0.2) is 0 Å². The molecule has 1 atom stereocenters. The molecule has 2 aromatic carbocycles. The highest BCUT2D eigenvalue weighted by Gasteiger charge is 2.51. The molecule has 222 valence electrons. The quantitative estimate of drug-likeness (QED) is 0.348. The van der Waals surface area contributed by atoms with Gasteiger partial charge >= 0.3 is 0 Å². The molecule has 2 aromatic rings. The average molecular weight is 580 g/mol. The molecule has 0 radical (unpaired) electrons. The molecule has 8 heteroatoms. The van der Waals surface area contributed by atoms with Gasteiger partial charge in [0.1, 0.15) is 12.6 Å². The number of sulfonamides is 1. The molecule has 7 nitrogen and oxygen atoms in total. The van der Waals surface area contributed by atoms with Crippen LogP contribution in [0.3, 0.4) is 0 Å². The van der Waals surface area contributed by atoms with Crippen LogP contribution in [0.4, 0.5) is 5.69 Å². The molecular weight excluding hydrogens is 534 g/mol. The van der Waals surface area contributed by atoms with Gasteiger partial charge in [-0.25, -0.2) is 8.42 Å². The average Bonchev–Trinajstić information content (AvgIpc) is 2.93. The largest absolute Gasteiger partial charge is 0.354 e. The summed E-state index contributed by atoms with van der Waals surface area (Å²) in [5.41, 5.74) is 2.88. The molecule has 2 amide bonds. The minimum Gasteiger partial charge on any atom is -0.354 e. The van der Waals surface area contributed by atoms with E-state index in [-0.39, 0.29) is 24.4 Å². The van der Waals surface area contributed by atoms with E-state index in [4.69, 9.17) is 0 Å². The number of hydrogen-bond acceptors (Lipinski definition) is 4. The highest BCUT2D eigenvalue weighted by molar-refractivity contribution is 7.92. The number of unbranched alkanes of at least 4 members (excludes halogenated alkanes) is 1. The van der Waals surface area contributed by atoms with Gasteiger partial charge in [-0.05, 0) is 98.3 Å². The van der Waals surface area contributed by atoms with E-state index in [0.717, 1.165) is 42.4 Å². The third-order valence-electron chi connectivity index (χ3n) is 9.68. The van der Waals surface area contributed by atoms with Gasteiger partial charge in [-0.1, -0.05) is 55.8 Å². The first-order valence-electron chi connectivity index (χ1n) is 15.3. The first-order valence-corrected chi connectivity index (χ1v) is 17.1. The second kappa shape index (κ2) is 12.2. The Morgan fingerprint density at radius 1 is 0.951 bits per heavy atom. The summed E-state index contributed by atoms with van der Waals surface area (Å²) in [6, 6.07) is 16.6. The Bertz CT molecular complexity index is 1290. The second-order valence-corrected chi connectivity index (χ2v) is 14.7. The van der Waals surface area contributed by atoms with E-state index in [2.05, 4.69) is 24.4 Å². The number of benzene rings is 2. The SMILES string of the molecule is CCCCNC(=O)C(C)N(Cc1ccccc1)C(=O)CN(c1ccc(C23CC4CC(CC(C4)C2)C3)cc1)S(C)(=O)=O.